The molecule has 4 heteroatoms. The van der Waals surface area contributed by atoms with Crippen molar-refractivity contribution in [3.63, 3.8) is 0 Å². The predicted octanol–water partition coefficient (Wildman–Crippen LogP) is 4.28. The highest BCUT2D eigenvalue weighted by Crippen LogP contribution is 2.22. The Hall–Kier alpha value is -1.22. The summed E-state index contributed by atoms with van der Waals surface area (Å²) in [7, 11) is 0. The number of rotatable bonds is 7. The molecule has 1 amide bonds. The molecule has 0 fully saturated rings. The highest BCUT2D eigenvalue weighted by molar-refractivity contribution is 6.31. The predicted molar refractivity (Wildman–Crippen MR) is 86.6 cm³/mol. The molecule has 0 radical (unpaired) electrons. The number of anilines is 1. The standard InChI is InChI=1S/C16H25ClN2O/c1-5-9-18-15-8-7-13(17)10-14(15)16(20)19(6-2)11-12(3)4/h7-8,10,12,18H,5-6,9,11H2,1-4H3. The molecule has 0 spiro atoms. The van der Waals surface area contributed by atoms with Crippen LogP contribution in [0, 0.1) is 5.92 Å². The molecule has 3 nitrogen and oxygen atoms in total. The molecule has 20 heavy (non-hydrogen) atoms. The number of nitrogens with zero attached hydrogens (tertiary/aromatic N) is 1. The van der Waals surface area contributed by atoms with Gasteiger partial charge in [-0.2, -0.15) is 0 Å². The van der Waals surface area contributed by atoms with Gasteiger partial charge in [-0.15, -0.1) is 0 Å². The maximum absolute atomic E-state index is 12.7. The van der Waals surface area contributed by atoms with E-state index in [2.05, 4.69) is 26.1 Å². The molecular weight excluding hydrogens is 272 g/mol. The maximum atomic E-state index is 12.7. The smallest absolute Gasteiger partial charge is 0.256 e. The second-order valence-corrected chi connectivity index (χ2v) is 5.79. The Morgan fingerprint density at radius 3 is 2.60 bits per heavy atom. The molecule has 1 aromatic carbocycles. The summed E-state index contributed by atoms with van der Waals surface area (Å²) >= 11 is 6.05. The molecular formula is C16H25ClN2O. The van der Waals surface area contributed by atoms with Crippen molar-refractivity contribution in [3.05, 3.63) is 28.8 Å². The van der Waals surface area contributed by atoms with Crippen LogP contribution < -0.4 is 5.32 Å². The Morgan fingerprint density at radius 1 is 1.35 bits per heavy atom. The van der Waals surface area contributed by atoms with Crippen molar-refractivity contribution in [3.8, 4) is 0 Å². The van der Waals surface area contributed by atoms with Crippen LogP contribution in [0.25, 0.3) is 0 Å². The Morgan fingerprint density at radius 2 is 2.05 bits per heavy atom. The third-order valence-electron chi connectivity index (χ3n) is 3.03. The van der Waals surface area contributed by atoms with Gasteiger partial charge in [0.05, 0.1) is 5.56 Å². The lowest BCUT2D eigenvalue weighted by molar-refractivity contribution is 0.0746. The number of carbonyl (C=O) groups excluding carboxylic acids is 1. The lowest BCUT2D eigenvalue weighted by Crippen LogP contribution is -2.34. The van der Waals surface area contributed by atoms with E-state index in [1.807, 2.05) is 24.0 Å². The molecule has 1 rings (SSSR count). The normalized spacial score (nSPS) is 10.7. The number of halogens is 1. The van der Waals surface area contributed by atoms with Gasteiger partial charge in [0.2, 0.25) is 0 Å². The Kier molecular flexibility index (Phi) is 6.86. The third-order valence-corrected chi connectivity index (χ3v) is 3.27. The van der Waals surface area contributed by atoms with E-state index < -0.39 is 0 Å². The lowest BCUT2D eigenvalue weighted by atomic mass is 10.1. The minimum Gasteiger partial charge on any atom is -0.384 e. The van der Waals surface area contributed by atoms with Crippen molar-refractivity contribution in [2.45, 2.75) is 34.1 Å². The fourth-order valence-corrected chi connectivity index (χ4v) is 2.25. The van der Waals surface area contributed by atoms with E-state index in [0.29, 0.717) is 23.0 Å². The molecule has 0 unspecified atom stereocenters. The molecule has 112 valence electrons. The fraction of sp³-hybridized carbons (Fsp3) is 0.562. The summed E-state index contributed by atoms with van der Waals surface area (Å²) in [5, 5.41) is 3.89. The van der Waals surface area contributed by atoms with Gasteiger partial charge < -0.3 is 10.2 Å². The van der Waals surface area contributed by atoms with Crippen molar-refractivity contribution in [2.75, 3.05) is 25.0 Å². The number of hydrogen-bond donors (Lipinski definition) is 1. The SMILES string of the molecule is CCCNc1ccc(Cl)cc1C(=O)N(CC)CC(C)C. The molecule has 0 aliphatic heterocycles. The average Bonchev–Trinajstić information content (AvgIpc) is 2.42. The summed E-state index contributed by atoms with van der Waals surface area (Å²) < 4.78 is 0. The van der Waals surface area contributed by atoms with Crippen LogP contribution in [-0.4, -0.2) is 30.4 Å². The zero-order valence-electron chi connectivity index (χ0n) is 12.9. The van der Waals surface area contributed by atoms with Crippen LogP contribution in [0.4, 0.5) is 5.69 Å². The maximum Gasteiger partial charge on any atom is 0.256 e. The summed E-state index contributed by atoms with van der Waals surface area (Å²) in [6, 6.07) is 5.45. The molecule has 0 heterocycles. The zero-order chi connectivity index (χ0) is 15.1. The second kappa shape index (κ2) is 8.15. The first-order valence-electron chi connectivity index (χ1n) is 7.32. The highest BCUT2D eigenvalue weighted by atomic mass is 35.5. The minimum absolute atomic E-state index is 0.0438. The van der Waals surface area contributed by atoms with Gasteiger partial charge in [0, 0.05) is 30.3 Å². The average molecular weight is 297 g/mol. The summed E-state index contributed by atoms with van der Waals surface area (Å²) in [6.07, 6.45) is 1.01. The molecule has 0 saturated carbocycles. The van der Waals surface area contributed by atoms with Crippen LogP contribution in [-0.2, 0) is 0 Å². The highest BCUT2D eigenvalue weighted by Gasteiger charge is 2.18. The molecule has 1 aromatic rings. The molecule has 0 saturated heterocycles. The van der Waals surface area contributed by atoms with Crippen LogP contribution in [0.5, 0.6) is 0 Å². The van der Waals surface area contributed by atoms with Gasteiger partial charge in [0.15, 0.2) is 0 Å². The van der Waals surface area contributed by atoms with Crippen LogP contribution in [0.1, 0.15) is 44.5 Å². The second-order valence-electron chi connectivity index (χ2n) is 5.35. The quantitative estimate of drug-likeness (QED) is 0.814. The Balaban J connectivity index is 3.02. The van der Waals surface area contributed by atoms with Gasteiger partial charge in [0.25, 0.3) is 5.91 Å². The monoisotopic (exact) mass is 296 g/mol. The van der Waals surface area contributed by atoms with Crippen molar-refractivity contribution in [2.24, 2.45) is 5.92 Å². The zero-order valence-corrected chi connectivity index (χ0v) is 13.6. The van der Waals surface area contributed by atoms with E-state index in [-0.39, 0.29) is 5.91 Å². The van der Waals surface area contributed by atoms with Crippen LogP contribution in [0.15, 0.2) is 18.2 Å². The van der Waals surface area contributed by atoms with Gasteiger partial charge in [-0.1, -0.05) is 32.4 Å². The van der Waals surface area contributed by atoms with Crippen molar-refractivity contribution in [1.82, 2.24) is 4.90 Å². The first kappa shape index (κ1) is 16.8. The number of benzene rings is 1. The number of carbonyl (C=O) groups is 1. The summed E-state index contributed by atoms with van der Waals surface area (Å²) in [5.41, 5.74) is 1.52. The number of hydrogen-bond acceptors (Lipinski definition) is 2. The van der Waals surface area contributed by atoms with Crippen LogP contribution >= 0.6 is 11.6 Å². The third kappa shape index (κ3) is 4.71. The lowest BCUT2D eigenvalue weighted by Gasteiger charge is -2.24. The van der Waals surface area contributed by atoms with Gasteiger partial charge in [0.1, 0.15) is 0 Å². The molecule has 0 aliphatic rings. The van der Waals surface area contributed by atoms with Gasteiger partial charge in [-0.25, -0.2) is 0 Å². The first-order valence-corrected chi connectivity index (χ1v) is 7.70. The number of amides is 1. The van der Waals surface area contributed by atoms with Gasteiger partial charge in [-0.3, -0.25) is 4.79 Å². The van der Waals surface area contributed by atoms with E-state index in [1.165, 1.54) is 0 Å². The summed E-state index contributed by atoms with van der Waals surface area (Å²) in [5.74, 6) is 0.493. The van der Waals surface area contributed by atoms with Gasteiger partial charge >= 0.3 is 0 Å². The Bertz CT molecular complexity index is 446. The molecule has 0 aliphatic carbocycles. The van der Waals surface area contributed by atoms with Crippen LogP contribution in [0.3, 0.4) is 0 Å². The summed E-state index contributed by atoms with van der Waals surface area (Å²) in [4.78, 5) is 14.5. The van der Waals surface area contributed by atoms with E-state index in [9.17, 15) is 4.79 Å². The molecule has 0 atom stereocenters. The van der Waals surface area contributed by atoms with E-state index in [1.54, 1.807) is 6.07 Å². The molecule has 0 aromatic heterocycles. The van der Waals surface area contributed by atoms with Crippen molar-refractivity contribution >= 4 is 23.2 Å². The minimum atomic E-state index is 0.0438. The Labute approximate surface area is 127 Å². The van der Waals surface area contributed by atoms with Crippen LogP contribution in [0.2, 0.25) is 5.02 Å². The van der Waals surface area contributed by atoms with Crippen molar-refractivity contribution < 1.29 is 4.79 Å². The fourth-order valence-electron chi connectivity index (χ4n) is 2.07. The number of nitrogens with one attached hydrogen (secondary N) is 1. The first-order chi connectivity index (χ1) is 9.49. The van der Waals surface area contributed by atoms with Crippen molar-refractivity contribution in [1.29, 1.82) is 0 Å². The topological polar surface area (TPSA) is 32.3 Å². The van der Waals surface area contributed by atoms with Gasteiger partial charge in [-0.05, 0) is 37.5 Å². The van der Waals surface area contributed by atoms with E-state index in [0.717, 1.165) is 25.2 Å². The largest absolute Gasteiger partial charge is 0.384 e. The summed E-state index contributed by atoms with van der Waals surface area (Å²) in [6.45, 7) is 10.6. The molecule has 0 bridgehead atoms. The van der Waals surface area contributed by atoms with E-state index in [4.69, 9.17) is 11.6 Å². The van der Waals surface area contributed by atoms with E-state index >= 15 is 0 Å². The molecule has 1 N–H and O–H groups in total.